The van der Waals surface area contributed by atoms with Crippen LogP contribution >= 0.6 is 0 Å². The SMILES string of the molecule is COc1cc(CCC(=O)OCC(=O)NCC(C)C)cc(OC)c1OC. The third kappa shape index (κ3) is 6.91. The highest BCUT2D eigenvalue weighted by atomic mass is 16.5. The zero-order chi connectivity index (χ0) is 18.8. The first-order valence-corrected chi connectivity index (χ1v) is 8.12. The normalized spacial score (nSPS) is 10.3. The molecule has 1 amide bonds. The number of carbonyl (C=O) groups is 2. The van der Waals surface area contributed by atoms with Crippen molar-refractivity contribution in [1.82, 2.24) is 5.32 Å². The van der Waals surface area contributed by atoms with E-state index in [2.05, 4.69) is 5.32 Å². The molecular formula is C18H27NO6. The zero-order valence-corrected chi connectivity index (χ0v) is 15.5. The summed E-state index contributed by atoms with van der Waals surface area (Å²) >= 11 is 0. The Bertz CT molecular complexity index is 560. The van der Waals surface area contributed by atoms with Gasteiger partial charge in [0.2, 0.25) is 5.75 Å². The number of hydrogen-bond acceptors (Lipinski definition) is 6. The number of carbonyl (C=O) groups excluding carboxylic acids is 2. The molecule has 1 aromatic carbocycles. The van der Waals surface area contributed by atoms with Crippen LogP contribution in [0.2, 0.25) is 0 Å². The molecule has 25 heavy (non-hydrogen) atoms. The van der Waals surface area contributed by atoms with Gasteiger partial charge in [-0.3, -0.25) is 9.59 Å². The standard InChI is InChI=1S/C18H27NO6/c1-12(2)10-19-16(20)11-25-17(21)7-6-13-8-14(22-3)18(24-5)15(9-13)23-4/h8-9,12H,6-7,10-11H2,1-5H3,(H,19,20). The Morgan fingerprint density at radius 2 is 1.64 bits per heavy atom. The van der Waals surface area contributed by atoms with Crippen molar-refractivity contribution < 1.29 is 28.5 Å². The molecule has 0 fully saturated rings. The molecule has 140 valence electrons. The predicted octanol–water partition coefficient (Wildman–Crippen LogP) is 1.96. The number of benzene rings is 1. The molecule has 0 atom stereocenters. The minimum absolute atomic E-state index is 0.149. The number of amides is 1. The monoisotopic (exact) mass is 353 g/mol. The molecule has 0 heterocycles. The van der Waals surface area contributed by atoms with E-state index in [4.69, 9.17) is 18.9 Å². The fourth-order valence-corrected chi connectivity index (χ4v) is 2.11. The number of esters is 1. The van der Waals surface area contributed by atoms with Crippen LogP contribution < -0.4 is 19.5 Å². The van der Waals surface area contributed by atoms with Gasteiger partial charge in [0.25, 0.3) is 5.91 Å². The Kier molecular flexibility index (Phi) is 8.60. The molecule has 0 aliphatic rings. The van der Waals surface area contributed by atoms with Gasteiger partial charge in [-0.2, -0.15) is 0 Å². The lowest BCUT2D eigenvalue weighted by atomic mass is 10.1. The summed E-state index contributed by atoms with van der Waals surface area (Å²) in [5.41, 5.74) is 0.843. The average molecular weight is 353 g/mol. The quantitative estimate of drug-likeness (QED) is 0.648. The van der Waals surface area contributed by atoms with Gasteiger partial charge in [0.05, 0.1) is 21.3 Å². The van der Waals surface area contributed by atoms with Crippen LogP contribution in [-0.4, -0.2) is 46.4 Å². The third-order valence-electron chi connectivity index (χ3n) is 3.41. The molecule has 7 nitrogen and oxygen atoms in total. The fraction of sp³-hybridized carbons (Fsp3) is 0.556. The Hall–Kier alpha value is -2.44. The molecule has 0 unspecified atom stereocenters. The highest BCUT2D eigenvalue weighted by Gasteiger charge is 2.14. The van der Waals surface area contributed by atoms with Crippen LogP contribution in [-0.2, 0) is 20.7 Å². The smallest absolute Gasteiger partial charge is 0.306 e. The van der Waals surface area contributed by atoms with E-state index in [-0.39, 0.29) is 18.9 Å². The highest BCUT2D eigenvalue weighted by Crippen LogP contribution is 2.38. The second kappa shape index (κ2) is 10.4. The van der Waals surface area contributed by atoms with Gasteiger partial charge in [-0.1, -0.05) is 13.8 Å². The molecule has 1 rings (SSSR count). The van der Waals surface area contributed by atoms with Gasteiger partial charge >= 0.3 is 5.97 Å². The average Bonchev–Trinajstić information content (AvgIpc) is 2.61. The van der Waals surface area contributed by atoms with Crippen molar-refractivity contribution in [3.05, 3.63) is 17.7 Å². The number of aryl methyl sites for hydroxylation is 1. The van der Waals surface area contributed by atoms with Gasteiger partial charge < -0.3 is 24.3 Å². The molecule has 0 saturated carbocycles. The minimum Gasteiger partial charge on any atom is -0.493 e. The van der Waals surface area contributed by atoms with Gasteiger partial charge in [0.15, 0.2) is 18.1 Å². The molecule has 7 heteroatoms. The Morgan fingerprint density at radius 3 is 2.12 bits per heavy atom. The summed E-state index contributed by atoms with van der Waals surface area (Å²) in [6.07, 6.45) is 0.583. The van der Waals surface area contributed by atoms with E-state index in [1.165, 1.54) is 21.3 Å². The molecule has 0 radical (unpaired) electrons. The highest BCUT2D eigenvalue weighted by molar-refractivity contribution is 5.80. The lowest BCUT2D eigenvalue weighted by molar-refractivity contribution is -0.148. The first kappa shape index (κ1) is 20.6. The Balaban J connectivity index is 2.54. The maximum atomic E-state index is 11.8. The van der Waals surface area contributed by atoms with E-state index in [9.17, 15) is 9.59 Å². The van der Waals surface area contributed by atoms with Crippen molar-refractivity contribution in [2.24, 2.45) is 5.92 Å². The van der Waals surface area contributed by atoms with Gasteiger partial charge in [0, 0.05) is 13.0 Å². The number of methoxy groups -OCH3 is 3. The van der Waals surface area contributed by atoms with Crippen LogP contribution in [0.25, 0.3) is 0 Å². The number of nitrogens with one attached hydrogen (secondary N) is 1. The Morgan fingerprint density at radius 1 is 1.04 bits per heavy atom. The van der Waals surface area contributed by atoms with Crippen LogP contribution in [0.1, 0.15) is 25.8 Å². The van der Waals surface area contributed by atoms with Gasteiger partial charge in [-0.15, -0.1) is 0 Å². The second-order valence-corrected chi connectivity index (χ2v) is 5.89. The fourth-order valence-electron chi connectivity index (χ4n) is 2.11. The van der Waals surface area contributed by atoms with E-state index < -0.39 is 5.97 Å². The largest absolute Gasteiger partial charge is 0.493 e. The molecule has 0 bridgehead atoms. The summed E-state index contributed by atoms with van der Waals surface area (Å²) in [6, 6.07) is 3.56. The summed E-state index contributed by atoms with van der Waals surface area (Å²) in [7, 11) is 4.60. The second-order valence-electron chi connectivity index (χ2n) is 5.89. The first-order valence-electron chi connectivity index (χ1n) is 8.12. The third-order valence-corrected chi connectivity index (χ3v) is 3.41. The number of hydrogen-bond donors (Lipinski definition) is 1. The lowest BCUT2D eigenvalue weighted by Crippen LogP contribution is -2.31. The van der Waals surface area contributed by atoms with Crippen LogP contribution in [0.3, 0.4) is 0 Å². The van der Waals surface area contributed by atoms with Gasteiger partial charge in [-0.05, 0) is 30.0 Å². The van der Waals surface area contributed by atoms with E-state index in [0.717, 1.165) is 5.56 Å². The molecule has 0 saturated heterocycles. The maximum absolute atomic E-state index is 11.8. The number of ether oxygens (including phenoxy) is 4. The number of rotatable bonds is 10. The lowest BCUT2D eigenvalue weighted by Gasteiger charge is -2.14. The van der Waals surface area contributed by atoms with Crippen LogP contribution in [0.4, 0.5) is 0 Å². The molecular weight excluding hydrogens is 326 g/mol. The van der Waals surface area contributed by atoms with Crippen molar-refractivity contribution >= 4 is 11.9 Å². The van der Waals surface area contributed by atoms with Crippen LogP contribution in [0.15, 0.2) is 12.1 Å². The van der Waals surface area contributed by atoms with Crippen LogP contribution in [0.5, 0.6) is 17.2 Å². The van der Waals surface area contributed by atoms with Crippen molar-refractivity contribution in [3.8, 4) is 17.2 Å². The summed E-state index contributed by atoms with van der Waals surface area (Å²) in [4.78, 5) is 23.3. The van der Waals surface area contributed by atoms with E-state index in [0.29, 0.717) is 36.1 Å². The minimum atomic E-state index is -0.437. The molecule has 1 N–H and O–H groups in total. The summed E-state index contributed by atoms with van der Waals surface area (Å²) in [5, 5.41) is 2.69. The van der Waals surface area contributed by atoms with E-state index in [1.807, 2.05) is 13.8 Å². The Labute approximate surface area is 148 Å². The van der Waals surface area contributed by atoms with Gasteiger partial charge in [-0.25, -0.2) is 0 Å². The summed E-state index contributed by atoms with van der Waals surface area (Å²) in [6.45, 7) is 4.27. The van der Waals surface area contributed by atoms with Crippen molar-refractivity contribution in [3.63, 3.8) is 0 Å². The van der Waals surface area contributed by atoms with E-state index in [1.54, 1.807) is 12.1 Å². The molecule has 0 aliphatic carbocycles. The molecule has 0 aromatic heterocycles. The van der Waals surface area contributed by atoms with Crippen molar-refractivity contribution in [2.75, 3.05) is 34.5 Å². The molecule has 0 aliphatic heterocycles. The maximum Gasteiger partial charge on any atom is 0.306 e. The molecule has 1 aromatic rings. The topological polar surface area (TPSA) is 83.1 Å². The van der Waals surface area contributed by atoms with Gasteiger partial charge in [0.1, 0.15) is 0 Å². The van der Waals surface area contributed by atoms with Crippen LogP contribution in [0, 0.1) is 5.92 Å². The summed E-state index contributed by atoms with van der Waals surface area (Å²) < 4.78 is 20.8. The first-order chi connectivity index (χ1) is 11.9. The van der Waals surface area contributed by atoms with Crippen molar-refractivity contribution in [2.45, 2.75) is 26.7 Å². The zero-order valence-electron chi connectivity index (χ0n) is 15.5. The van der Waals surface area contributed by atoms with E-state index >= 15 is 0 Å². The predicted molar refractivity (Wildman–Crippen MR) is 93.2 cm³/mol. The summed E-state index contributed by atoms with van der Waals surface area (Å²) in [5.74, 6) is 1.16. The van der Waals surface area contributed by atoms with Crippen molar-refractivity contribution in [1.29, 1.82) is 0 Å². The molecule has 0 spiro atoms.